The third kappa shape index (κ3) is 5.13. The molecule has 0 amide bonds. The molecule has 1 heteroatoms. The van der Waals surface area contributed by atoms with Gasteiger partial charge in [-0.3, -0.25) is 0 Å². The number of hydrogen-bond donors (Lipinski definition) is 1. The van der Waals surface area contributed by atoms with Crippen LogP contribution in [0.25, 0.3) is 0 Å². The Kier molecular flexibility index (Phi) is 7.37. The first-order valence-corrected chi connectivity index (χ1v) is 7.44. The van der Waals surface area contributed by atoms with Crippen molar-refractivity contribution >= 4 is 0 Å². The summed E-state index contributed by atoms with van der Waals surface area (Å²) in [5.74, 6) is 8.10. The van der Waals surface area contributed by atoms with Gasteiger partial charge in [0.15, 0.2) is 0 Å². The molecule has 1 fully saturated rings. The molecule has 1 rings (SSSR count). The van der Waals surface area contributed by atoms with E-state index in [9.17, 15) is 0 Å². The Bertz CT molecular complexity index is 248. The van der Waals surface area contributed by atoms with E-state index in [-0.39, 0.29) is 0 Å². The van der Waals surface area contributed by atoms with Crippen LogP contribution in [0.3, 0.4) is 0 Å². The minimum Gasteiger partial charge on any atom is -0.314 e. The molecule has 0 aromatic rings. The maximum Gasteiger partial charge on any atom is 0.0104 e. The van der Waals surface area contributed by atoms with E-state index in [0.29, 0.717) is 6.04 Å². The first kappa shape index (κ1) is 14.6. The van der Waals surface area contributed by atoms with Crippen molar-refractivity contribution in [2.24, 2.45) is 11.8 Å². The monoisotopic (exact) mass is 235 g/mol. The Balaban J connectivity index is 2.45. The lowest BCUT2D eigenvalue weighted by atomic mass is 9.76. The fourth-order valence-electron chi connectivity index (χ4n) is 3.19. The van der Waals surface area contributed by atoms with Crippen molar-refractivity contribution in [3.05, 3.63) is 0 Å². The van der Waals surface area contributed by atoms with E-state index >= 15 is 0 Å². The first-order chi connectivity index (χ1) is 8.31. The molecule has 0 radical (unpaired) electrons. The van der Waals surface area contributed by atoms with Gasteiger partial charge in [-0.1, -0.05) is 33.1 Å². The van der Waals surface area contributed by atoms with Crippen LogP contribution in [0.15, 0.2) is 0 Å². The number of hydrogen-bond acceptors (Lipinski definition) is 1. The van der Waals surface area contributed by atoms with Gasteiger partial charge in [-0.15, -0.1) is 11.8 Å². The molecule has 17 heavy (non-hydrogen) atoms. The molecule has 0 heterocycles. The quantitative estimate of drug-likeness (QED) is 0.687. The predicted molar refractivity (Wildman–Crippen MR) is 75.9 cm³/mol. The van der Waals surface area contributed by atoms with Crippen LogP contribution in [0.5, 0.6) is 0 Å². The molecule has 1 aliphatic rings. The highest BCUT2D eigenvalue weighted by Gasteiger charge is 2.26. The van der Waals surface area contributed by atoms with Gasteiger partial charge in [-0.2, -0.15) is 0 Å². The van der Waals surface area contributed by atoms with E-state index in [2.05, 4.69) is 31.0 Å². The lowest BCUT2D eigenvalue weighted by Gasteiger charge is -2.34. The van der Waals surface area contributed by atoms with Gasteiger partial charge in [0, 0.05) is 12.5 Å². The molecule has 1 saturated carbocycles. The second kappa shape index (κ2) is 8.59. The number of rotatable bonds is 6. The largest absolute Gasteiger partial charge is 0.314 e. The topological polar surface area (TPSA) is 12.0 Å². The van der Waals surface area contributed by atoms with Crippen LogP contribution < -0.4 is 5.32 Å². The Hall–Kier alpha value is -0.480. The highest BCUT2D eigenvalue weighted by atomic mass is 14.9. The van der Waals surface area contributed by atoms with Crippen LogP contribution in [-0.2, 0) is 0 Å². The third-order valence-corrected chi connectivity index (χ3v) is 4.19. The van der Waals surface area contributed by atoms with Crippen molar-refractivity contribution < 1.29 is 0 Å². The maximum atomic E-state index is 3.69. The molecule has 3 unspecified atom stereocenters. The Labute approximate surface area is 108 Å². The van der Waals surface area contributed by atoms with Crippen LogP contribution in [0.1, 0.15) is 65.7 Å². The zero-order valence-electron chi connectivity index (χ0n) is 11.9. The molecule has 0 aromatic heterocycles. The lowest BCUT2D eigenvalue weighted by Crippen LogP contribution is -2.38. The summed E-state index contributed by atoms with van der Waals surface area (Å²) in [6.07, 6.45) is 9.41. The molecule has 98 valence electrons. The summed E-state index contributed by atoms with van der Waals surface area (Å²) in [5.41, 5.74) is 0. The minimum absolute atomic E-state index is 0.704. The average Bonchev–Trinajstić information content (AvgIpc) is 2.38. The summed E-state index contributed by atoms with van der Waals surface area (Å²) in [5, 5.41) is 3.69. The maximum absolute atomic E-state index is 3.69. The van der Waals surface area contributed by atoms with Crippen LogP contribution in [-0.4, -0.2) is 12.6 Å². The Morgan fingerprint density at radius 1 is 1.29 bits per heavy atom. The van der Waals surface area contributed by atoms with E-state index in [1.54, 1.807) is 0 Å². The van der Waals surface area contributed by atoms with Gasteiger partial charge in [-0.25, -0.2) is 0 Å². The zero-order chi connectivity index (χ0) is 12.5. The molecule has 0 bridgehead atoms. The molecule has 0 saturated heterocycles. The molecule has 1 nitrogen and oxygen atoms in total. The van der Waals surface area contributed by atoms with Crippen molar-refractivity contribution in [2.75, 3.05) is 6.54 Å². The van der Waals surface area contributed by atoms with Crippen molar-refractivity contribution in [3.8, 4) is 11.8 Å². The van der Waals surface area contributed by atoms with Crippen LogP contribution >= 0.6 is 0 Å². The summed E-state index contributed by atoms with van der Waals surface area (Å²) in [6, 6.07) is 0.704. The van der Waals surface area contributed by atoms with Gasteiger partial charge in [0.2, 0.25) is 0 Å². The third-order valence-electron chi connectivity index (χ3n) is 4.19. The van der Waals surface area contributed by atoms with Gasteiger partial charge in [-0.05, 0) is 44.6 Å². The lowest BCUT2D eigenvalue weighted by molar-refractivity contribution is 0.204. The molecule has 0 aliphatic heterocycles. The number of nitrogens with one attached hydrogen (secondary N) is 1. The summed E-state index contributed by atoms with van der Waals surface area (Å²) >= 11 is 0. The normalized spacial score (nSPS) is 26.1. The Morgan fingerprint density at radius 2 is 2.12 bits per heavy atom. The summed E-state index contributed by atoms with van der Waals surface area (Å²) in [6.45, 7) is 7.60. The highest BCUT2D eigenvalue weighted by molar-refractivity contribution is 4.96. The molecular formula is C16H29N. The molecule has 3 atom stereocenters. The molecule has 0 spiro atoms. The van der Waals surface area contributed by atoms with E-state index in [1.807, 2.05) is 6.92 Å². The SMILES string of the molecule is CC#CCCC(NCC)C1CCCC(CC)C1. The average molecular weight is 235 g/mol. The van der Waals surface area contributed by atoms with E-state index < -0.39 is 0 Å². The van der Waals surface area contributed by atoms with Crippen LogP contribution in [0.4, 0.5) is 0 Å². The van der Waals surface area contributed by atoms with Crippen LogP contribution in [0, 0.1) is 23.7 Å². The molecular weight excluding hydrogens is 206 g/mol. The van der Waals surface area contributed by atoms with E-state index in [0.717, 1.165) is 24.8 Å². The van der Waals surface area contributed by atoms with Gasteiger partial charge in [0.1, 0.15) is 0 Å². The second-order valence-corrected chi connectivity index (χ2v) is 5.33. The standard InChI is InChI=1S/C16H29N/c1-4-7-8-12-16(17-6-3)15-11-9-10-14(5-2)13-15/h14-17H,5-6,8-13H2,1-3H3. The fraction of sp³-hybridized carbons (Fsp3) is 0.875. The van der Waals surface area contributed by atoms with Crippen molar-refractivity contribution in [1.82, 2.24) is 5.32 Å². The fourth-order valence-corrected chi connectivity index (χ4v) is 3.19. The highest BCUT2D eigenvalue weighted by Crippen LogP contribution is 2.33. The zero-order valence-corrected chi connectivity index (χ0v) is 11.9. The van der Waals surface area contributed by atoms with Gasteiger partial charge in [0.05, 0.1) is 0 Å². The van der Waals surface area contributed by atoms with Crippen molar-refractivity contribution in [3.63, 3.8) is 0 Å². The van der Waals surface area contributed by atoms with Gasteiger partial charge >= 0.3 is 0 Å². The predicted octanol–water partition coefficient (Wildman–Crippen LogP) is 3.98. The summed E-state index contributed by atoms with van der Waals surface area (Å²) in [7, 11) is 0. The first-order valence-electron chi connectivity index (χ1n) is 7.44. The van der Waals surface area contributed by atoms with Crippen LogP contribution in [0.2, 0.25) is 0 Å². The van der Waals surface area contributed by atoms with Gasteiger partial charge in [0.25, 0.3) is 0 Å². The summed E-state index contributed by atoms with van der Waals surface area (Å²) in [4.78, 5) is 0. The smallest absolute Gasteiger partial charge is 0.0104 e. The molecule has 0 aromatic carbocycles. The summed E-state index contributed by atoms with van der Waals surface area (Å²) < 4.78 is 0. The van der Waals surface area contributed by atoms with Crippen molar-refractivity contribution in [1.29, 1.82) is 0 Å². The van der Waals surface area contributed by atoms with Gasteiger partial charge < -0.3 is 5.32 Å². The second-order valence-electron chi connectivity index (χ2n) is 5.33. The van der Waals surface area contributed by atoms with E-state index in [1.165, 1.54) is 38.5 Å². The Morgan fingerprint density at radius 3 is 2.76 bits per heavy atom. The molecule has 1 N–H and O–H groups in total. The molecule has 1 aliphatic carbocycles. The van der Waals surface area contributed by atoms with E-state index in [4.69, 9.17) is 0 Å². The van der Waals surface area contributed by atoms with Crippen molar-refractivity contribution in [2.45, 2.75) is 71.8 Å². The minimum atomic E-state index is 0.704.